The van der Waals surface area contributed by atoms with Gasteiger partial charge in [0.05, 0.1) is 17.3 Å². The first kappa shape index (κ1) is 14.2. The van der Waals surface area contributed by atoms with Gasteiger partial charge >= 0.3 is 0 Å². The molecule has 1 heterocycles. The SMILES string of the molecule is COCCNc1nccn1-c1cc(Cl)c(C)cc1Cl. The molecule has 19 heavy (non-hydrogen) atoms. The smallest absolute Gasteiger partial charge is 0.207 e. The largest absolute Gasteiger partial charge is 0.383 e. The molecule has 1 aromatic heterocycles. The van der Waals surface area contributed by atoms with E-state index in [1.807, 2.05) is 29.8 Å². The van der Waals surface area contributed by atoms with Crippen molar-refractivity contribution in [2.45, 2.75) is 6.92 Å². The Kier molecular flexibility index (Phi) is 4.69. The highest BCUT2D eigenvalue weighted by atomic mass is 35.5. The minimum atomic E-state index is 0.606. The van der Waals surface area contributed by atoms with E-state index in [1.54, 1.807) is 13.3 Å². The quantitative estimate of drug-likeness (QED) is 0.858. The van der Waals surface area contributed by atoms with Gasteiger partial charge in [-0.3, -0.25) is 4.57 Å². The van der Waals surface area contributed by atoms with Crippen LogP contribution >= 0.6 is 23.2 Å². The van der Waals surface area contributed by atoms with Crippen molar-refractivity contribution in [2.75, 3.05) is 25.6 Å². The number of aromatic nitrogens is 2. The fourth-order valence-electron chi connectivity index (χ4n) is 1.71. The summed E-state index contributed by atoms with van der Waals surface area (Å²) < 4.78 is 6.86. The average Bonchev–Trinajstić information content (AvgIpc) is 2.82. The second-order valence-corrected chi connectivity index (χ2v) is 4.91. The number of rotatable bonds is 5. The Morgan fingerprint density at radius 2 is 2.11 bits per heavy atom. The first-order valence-corrected chi connectivity index (χ1v) is 6.61. The first-order chi connectivity index (χ1) is 9.13. The summed E-state index contributed by atoms with van der Waals surface area (Å²) in [5.41, 5.74) is 1.75. The van der Waals surface area contributed by atoms with E-state index in [2.05, 4.69) is 10.3 Å². The van der Waals surface area contributed by atoms with Gasteiger partial charge in [-0.15, -0.1) is 0 Å². The number of hydrogen-bond acceptors (Lipinski definition) is 3. The molecule has 0 saturated carbocycles. The van der Waals surface area contributed by atoms with Crippen molar-refractivity contribution >= 4 is 29.2 Å². The van der Waals surface area contributed by atoms with Crippen molar-refractivity contribution in [1.82, 2.24) is 9.55 Å². The van der Waals surface area contributed by atoms with Gasteiger partial charge in [0.25, 0.3) is 0 Å². The lowest BCUT2D eigenvalue weighted by Gasteiger charge is -2.12. The topological polar surface area (TPSA) is 39.1 Å². The number of imidazole rings is 1. The zero-order chi connectivity index (χ0) is 13.8. The van der Waals surface area contributed by atoms with Crippen molar-refractivity contribution in [1.29, 1.82) is 0 Å². The minimum Gasteiger partial charge on any atom is -0.383 e. The molecule has 6 heteroatoms. The molecule has 4 nitrogen and oxygen atoms in total. The fourth-order valence-corrected chi connectivity index (χ4v) is 2.18. The lowest BCUT2D eigenvalue weighted by atomic mass is 10.2. The van der Waals surface area contributed by atoms with Crippen LogP contribution in [0, 0.1) is 6.92 Å². The summed E-state index contributed by atoms with van der Waals surface area (Å²) in [4.78, 5) is 4.25. The second-order valence-electron chi connectivity index (χ2n) is 4.09. The summed E-state index contributed by atoms with van der Waals surface area (Å²) in [6.45, 7) is 3.20. The number of nitrogens with one attached hydrogen (secondary N) is 1. The molecule has 0 atom stereocenters. The molecular weight excluding hydrogens is 285 g/mol. The number of nitrogens with zero attached hydrogens (tertiary/aromatic N) is 2. The molecule has 0 saturated heterocycles. The average molecular weight is 300 g/mol. The first-order valence-electron chi connectivity index (χ1n) is 5.85. The standard InChI is InChI=1S/C13H15Cl2N3O/c1-9-7-11(15)12(8-10(9)14)18-5-3-16-13(18)17-4-6-19-2/h3,5,7-8H,4,6H2,1-2H3,(H,16,17). The van der Waals surface area contributed by atoms with Crippen LogP contribution in [0.25, 0.3) is 5.69 Å². The van der Waals surface area contributed by atoms with Gasteiger partial charge in [-0.25, -0.2) is 4.98 Å². The highest BCUT2D eigenvalue weighted by molar-refractivity contribution is 6.35. The molecule has 0 amide bonds. The van der Waals surface area contributed by atoms with Crippen molar-refractivity contribution in [2.24, 2.45) is 0 Å². The minimum absolute atomic E-state index is 0.606. The van der Waals surface area contributed by atoms with Gasteiger partial charge in [-0.2, -0.15) is 0 Å². The van der Waals surface area contributed by atoms with Crippen LogP contribution in [0.3, 0.4) is 0 Å². The number of methoxy groups -OCH3 is 1. The van der Waals surface area contributed by atoms with Crippen molar-refractivity contribution < 1.29 is 4.74 Å². The zero-order valence-electron chi connectivity index (χ0n) is 10.8. The van der Waals surface area contributed by atoms with Crippen molar-refractivity contribution in [3.8, 4) is 5.69 Å². The molecule has 0 spiro atoms. The molecule has 0 radical (unpaired) electrons. The Morgan fingerprint density at radius 3 is 2.84 bits per heavy atom. The van der Waals surface area contributed by atoms with Crippen LogP contribution in [0.1, 0.15) is 5.56 Å². The van der Waals surface area contributed by atoms with Crippen LogP contribution in [-0.4, -0.2) is 29.8 Å². The van der Waals surface area contributed by atoms with E-state index in [0.717, 1.165) is 11.3 Å². The van der Waals surface area contributed by atoms with Crippen LogP contribution in [0.2, 0.25) is 10.0 Å². The molecular formula is C13H15Cl2N3O. The molecule has 0 aliphatic rings. The van der Waals surface area contributed by atoms with E-state index < -0.39 is 0 Å². The maximum atomic E-state index is 6.27. The molecule has 0 aliphatic heterocycles. The number of aryl methyl sites for hydroxylation is 1. The molecule has 0 bridgehead atoms. The predicted octanol–water partition coefficient (Wildman–Crippen LogP) is 3.55. The van der Waals surface area contributed by atoms with Crippen LogP contribution < -0.4 is 5.32 Å². The Labute approximate surface area is 122 Å². The highest BCUT2D eigenvalue weighted by Gasteiger charge is 2.10. The van der Waals surface area contributed by atoms with Gasteiger partial charge in [0, 0.05) is 31.1 Å². The van der Waals surface area contributed by atoms with Gasteiger partial charge in [-0.05, 0) is 24.6 Å². The van der Waals surface area contributed by atoms with E-state index >= 15 is 0 Å². The number of hydrogen-bond donors (Lipinski definition) is 1. The number of ether oxygens (including phenoxy) is 1. The summed E-state index contributed by atoms with van der Waals surface area (Å²) in [5, 5.41) is 4.49. The second kappa shape index (κ2) is 6.28. The van der Waals surface area contributed by atoms with E-state index in [9.17, 15) is 0 Å². The Morgan fingerprint density at radius 1 is 1.32 bits per heavy atom. The zero-order valence-corrected chi connectivity index (χ0v) is 12.3. The molecule has 2 rings (SSSR count). The summed E-state index contributed by atoms with van der Waals surface area (Å²) in [6, 6.07) is 3.68. The predicted molar refractivity (Wildman–Crippen MR) is 78.7 cm³/mol. The maximum absolute atomic E-state index is 6.27. The third-order valence-corrected chi connectivity index (χ3v) is 3.43. The van der Waals surface area contributed by atoms with Crippen molar-refractivity contribution in [3.05, 3.63) is 40.1 Å². The van der Waals surface area contributed by atoms with Gasteiger partial charge in [0.2, 0.25) is 5.95 Å². The summed E-state index contributed by atoms with van der Waals surface area (Å²) in [7, 11) is 1.66. The number of benzene rings is 1. The molecule has 1 N–H and O–H groups in total. The number of halogens is 2. The lowest BCUT2D eigenvalue weighted by molar-refractivity contribution is 0.210. The van der Waals surface area contributed by atoms with Crippen LogP contribution in [0.15, 0.2) is 24.5 Å². The summed E-state index contributed by atoms with van der Waals surface area (Å²) >= 11 is 12.4. The Balaban J connectivity index is 2.32. The van der Waals surface area contributed by atoms with Crippen LogP contribution in [0.5, 0.6) is 0 Å². The third kappa shape index (κ3) is 3.21. The Bertz CT molecular complexity index is 569. The number of anilines is 1. The van der Waals surface area contributed by atoms with Crippen molar-refractivity contribution in [3.63, 3.8) is 0 Å². The maximum Gasteiger partial charge on any atom is 0.207 e. The monoisotopic (exact) mass is 299 g/mol. The van der Waals surface area contributed by atoms with E-state index in [-0.39, 0.29) is 0 Å². The highest BCUT2D eigenvalue weighted by Crippen LogP contribution is 2.29. The van der Waals surface area contributed by atoms with Gasteiger partial charge in [0.1, 0.15) is 0 Å². The van der Waals surface area contributed by atoms with Gasteiger partial charge in [-0.1, -0.05) is 23.2 Å². The molecule has 0 aliphatic carbocycles. The van der Waals surface area contributed by atoms with E-state index in [0.29, 0.717) is 29.1 Å². The molecule has 102 valence electrons. The van der Waals surface area contributed by atoms with Crippen LogP contribution in [-0.2, 0) is 4.74 Å². The summed E-state index contributed by atoms with van der Waals surface area (Å²) in [6.07, 6.45) is 3.54. The fraction of sp³-hybridized carbons (Fsp3) is 0.308. The van der Waals surface area contributed by atoms with Crippen LogP contribution in [0.4, 0.5) is 5.95 Å². The Hall–Kier alpha value is -1.23. The lowest BCUT2D eigenvalue weighted by Crippen LogP contribution is -2.11. The molecule has 1 aromatic carbocycles. The van der Waals surface area contributed by atoms with E-state index in [1.165, 1.54) is 0 Å². The normalized spacial score (nSPS) is 10.7. The van der Waals surface area contributed by atoms with Gasteiger partial charge in [0.15, 0.2) is 0 Å². The van der Waals surface area contributed by atoms with E-state index in [4.69, 9.17) is 27.9 Å². The third-order valence-electron chi connectivity index (χ3n) is 2.72. The van der Waals surface area contributed by atoms with Gasteiger partial charge < -0.3 is 10.1 Å². The molecule has 0 unspecified atom stereocenters. The summed E-state index contributed by atoms with van der Waals surface area (Å²) in [5.74, 6) is 0.707. The molecule has 2 aromatic rings. The molecule has 0 fully saturated rings.